The predicted molar refractivity (Wildman–Crippen MR) is 101 cm³/mol. The summed E-state index contributed by atoms with van der Waals surface area (Å²) in [5.41, 5.74) is 1.68. The third kappa shape index (κ3) is 6.26. The maximum Gasteiger partial charge on any atom is 0.335 e. The number of hydrogen-bond donors (Lipinski definition) is 1. The maximum absolute atomic E-state index is 12.2. The molecule has 0 aliphatic heterocycles. The number of Topliss-reactive ketones (excluding diaryl/α,β-unsaturated/α-hetero) is 1. The normalized spacial score (nSPS) is 10.3. The molecular formula is C21H23NO5. The summed E-state index contributed by atoms with van der Waals surface area (Å²) in [5, 5.41) is 8.90. The van der Waals surface area contributed by atoms with Gasteiger partial charge in [0, 0.05) is 25.6 Å². The first kappa shape index (κ1) is 20.2. The van der Waals surface area contributed by atoms with Crippen molar-refractivity contribution >= 4 is 17.7 Å². The van der Waals surface area contributed by atoms with Gasteiger partial charge in [0.1, 0.15) is 5.75 Å². The first-order valence-corrected chi connectivity index (χ1v) is 8.67. The molecule has 0 unspecified atom stereocenters. The molecule has 142 valence electrons. The zero-order chi connectivity index (χ0) is 19.8. The number of carbonyl (C=O) groups excluding carboxylic acids is 2. The Morgan fingerprint density at radius 2 is 1.74 bits per heavy atom. The van der Waals surface area contributed by atoms with Crippen LogP contribution in [0.5, 0.6) is 5.75 Å². The fourth-order valence-electron chi connectivity index (χ4n) is 2.52. The van der Waals surface area contributed by atoms with E-state index in [4.69, 9.17) is 9.84 Å². The Balaban J connectivity index is 1.75. The lowest BCUT2D eigenvalue weighted by atomic mass is 10.1. The van der Waals surface area contributed by atoms with Crippen LogP contribution in [0.15, 0.2) is 48.5 Å². The number of nitrogens with zero attached hydrogens (tertiary/aromatic N) is 1. The Bertz CT molecular complexity index is 814. The summed E-state index contributed by atoms with van der Waals surface area (Å²) in [6.07, 6.45) is 0.904. The van der Waals surface area contributed by atoms with E-state index < -0.39 is 5.97 Å². The van der Waals surface area contributed by atoms with Gasteiger partial charge in [-0.1, -0.05) is 24.3 Å². The van der Waals surface area contributed by atoms with Gasteiger partial charge in [-0.25, -0.2) is 4.79 Å². The van der Waals surface area contributed by atoms with Crippen molar-refractivity contribution in [2.24, 2.45) is 0 Å². The Hall–Kier alpha value is -3.15. The number of amides is 1. The SMILES string of the molecule is CC(=O)c1cccc(OCCCC(=O)N(C)Cc2ccc(C(=O)O)cc2)c1. The van der Waals surface area contributed by atoms with Crippen LogP contribution in [0.3, 0.4) is 0 Å². The molecular weight excluding hydrogens is 346 g/mol. The number of carbonyl (C=O) groups is 3. The van der Waals surface area contributed by atoms with E-state index in [1.54, 1.807) is 48.3 Å². The van der Waals surface area contributed by atoms with Gasteiger partial charge in [0.2, 0.25) is 5.91 Å². The van der Waals surface area contributed by atoms with Crippen LogP contribution in [0.2, 0.25) is 0 Å². The molecule has 0 saturated heterocycles. The van der Waals surface area contributed by atoms with Crippen LogP contribution < -0.4 is 4.74 Å². The molecule has 0 heterocycles. The first-order chi connectivity index (χ1) is 12.9. The zero-order valence-corrected chi connectivity index (χ0v) is 15.5. The van der Waals surface area contributed by atoms with E-state index in [2.05, 4.69) is 0 Å². The zero-order valence-electron chi connectivity index (χ0n) is 15.5. The van der Waals surface area contributed by atoms with E-state index >= 15 is 0 Å². The summed E-state index contributed by atoms with van der Waals surface area (Å²) in [5.74, 6) is -0.395. The first-order valence-electron chi connectivity index (χ1n) is 8.67. The van der Waals surface area contributed by atoms with Gasteiger partial charge in [-0.05, 0) is 43.2 Å². The van der Waals surface area contributed by atoms with Gasteiger partial charge in [0.15, 0.2) is 5.78 Å². The van der Waals surface area contributed by atoms with Crippen LogP contribution in [-0.2, 0) is 11.3 Å². The van der Waals surface area contributed by atoms with Crippen molar-refractivity contribution in [1.82, 2.24) is 4.90 Å². The molecule has 6 heteroatoms. The molecule has 27 heavy (non-hydrogen) atoms. The van der Waals surface area contributed by atoms with Gasteiger partial charge in [-0.2, -0.15) is 0 Å². The Kier molecular flexibility index (Phi) is 7.11. The minimum absolute atomic E-state index is 0.0154. The Labute approximate surface area is 158 Å². The van der Waals surface area contributed by atoms with Crippen LogP contribution in [0.25, 0.3) is 0 Å². The van der Waals surface area contributed by atoms with Crippen molar-refractivity contribution in [3.63, 3.8) is 0 Å². The van der Waals surface area contributed by atoms with Crippen molar-refractivity contribution in [3.8, 4) is 5.75 Å². The second-order valence-electron chi connectivity index (χ2n) is 6.29. The number of aromatic carboxylic acids is 1. The average molecular weight is 369 g/mol. The minimum Gasteiger partial charge on any atom is -0.494 e. The molecule has 2 aromatic rings. The second-order valence-corrected chi connectivity index (χ2v) is 6.29. The van der Waals surface area contributed by atoms with Crippen LogP contribution >= 0.6 is 0 Å². The summed E-state index contributed by atoms with van der Waals surface area (Å²) in [7, 11) is 1.71. The lowest BCUT2D eigenvalue weighted by molar-refractivity contribution is -0.130. The summed E-state index contributed by atoms with van der Waals surface area (Å²) < 4.78 is 5.60. The highest BCUT2D eigenvalue weighted by Gasteiger charge is 2.10. The number of hydrogen-bond acceptors (Lipinski definition) is 4. The molecule has 1 N–H and O–H groups in total. The standard InChI is InChI=1S/C21H23NO5/c1-15(23)18-5-3-6-19(13-18)27-12-4-7-20(24)22(2)14-16-8-10-17(11-9-16)21(25)26/h3,5-6,8-11,13H,4,7,12,14H2,1-2H3,(H,25,26). The van der Waals surface area contributed by atoms with Gasteiger partial charge < -0.3 is 14.7 Å². The third-order valence-electron chi connectivity index (χ3n) is 4.09. The van der Waals surface area contributed by atoms with E-state index in [0.717, 1.165) is 5.56 Å². The topological polar surface area (TPSA) is 83.9 Å². The number of benzene rings is 2. The molecule has 0 bridgehead atoms. The monoisotopic (exact) mass is 369 g/mol. The van der Waals surface area contributed by atoms with Crippen LogP contribution in [0.1, 0.15) is 46.0 Å². The van der Waals surface area contributed by atoms with E-state index in [1.165, 1.54) is 19.1 Å². The number of ketones is 1. The predicted octanol–water partition coefficient (Wildman–Crippen LogP) is 3.41. The molecule has 0 saturated carbocycles. The minimum atomic E-state index is -0.972. The molecule has 0 atom stereocenters. The summed E-state index contributed by atoms with van der Waals surface area (Å²) in [6, 6.07) is 13.4. The maximum atomic E-state index is 12.2. The van der Waals surface area contributed by atoms with Crippen LogP contribution in [0.4, 0.5) is 0 Å². The molecule has 0 aromatic heterocycles. The summed E-state index contributed by atoms with van der Waals surface area (Å²) in [6.45, 7) is 2.30. The smallest absolute Gasteiger partial charge is 0.335 e. The van der Waals surface area contributed by atoms with E-state index in [1.807, 2.05) is 0 Å². The molecule has 2 aromatic carbocycles. The van der Waals surface area contributed by atoms with Gasteiger partial charge >= 0.3 is 5.97 Å². The molecule has 1 amide bonds. The van der Waals surface area contributed by atoms with Gasteiger partial charge in [0.05, 0.1) is 12.2 Å². The number of ether oxygens (including phenoxy) is 1. The lowest BCUT2D eigenvalue weighted by Gasteiger charge is -2.17. The van der Waals surface area contributed by atoms with E-state index in [-0.39, 0.29) is 17.3 Å². The average Bonchev–Trinajstić information content (AvgIpc) is 2.65. The fraction of sp³-hybridized carbons (Fsp3) is 0.286. The molecule has 0 fully saturated rings. The largest absolute Gasteiger partial charge is 0.494 e. The van der Waals surface area contributed by atoms with Crippen molar-refractivity contribution in [3.05, 3.63) is 65.2 Å². The van der Waals surface area contributed by atoms with Crippen molar-refractivity contribution in [1.29, 1.82) is 0 Å². The lowest BCUT2D eigenvalue weighted by Crippen LogP contribution is -2.26. The summed E-state index contributed by atoms with van der Waals surface area (Å²) in [4.78, 5) is 36.0. The second kappa shape index (κ2) is 9.52. The molecule has 0 aliphatic rings. The molecule has 0 spiro atoms. The molecule has 2 rings (SSSR count). The van der Waals surface area contributed by atoms with Crippen LogP contribution in [-0.4, -0.2) is 41.3 Å². The number of carboxylic acids is 1. The quantitative estimate of drug-likeness (QED) is 0.541. The highest BCUT2D eigenvalue weighted by atomic mass is 16.5. The fourth-order valence-corrected chi connectivity index (χ4v) is 2.52. The van der Waals surface area contributed by atoms with Gasteiger partial charge in [-0.15, -0.1) is 0 Å². The molecule has 0 aliphatic carbocycles. The van der Waals surface area contributed by atoms with Crippen molar-refractivity contribution < 1.29 is 24.2 Å². The van der Waals surface area contributed by atoms with Crippen molar-refractivity contribution in [2.45, 2.75) is 26.3 Å². The molecule has 0 radical (unpaired) electrons. The third-order valence-corrected chi connectivity index (χ3v) is 4.09. The van der Waals surface area contributed by atoms with Gasteiger partial charge in [-0.3, -0.25) is 9.59 Å². The Morgan fingerprint density at radius 1 is 1.04 bits per heavy atom. The number of rotatable bonds is 9. The van der Waals surface area contributed by atoms with E-state index in [9.17, 15) is 14.4 Å². The number of carboxylic acid groups (broad SMARTS) is 1. The Morgan fingerprint density at radius 3 is 2.37 bits per heavy atom. The molecule has 6 nitrogen and oxygen atoms in total. The summed E-state index contributed by atoms with van der Waals surface area (Å²) >= 11 is 0. The van der Waals surface area contributed by atoms with Crippen molar-refractivity contribution in [2.75, 3.05) is 13.7 Å². The van der Waals surface area contributed by atoms with E-state index in [0.29, 0.717) is 37.3 Å². The van der Waals surface area contributed by atoms with Crippen LogP contribution in [0, 0.1) is 0 Å². The highest BCUT2D eigenvalue weighted by molar-refractivity contribution is 5.94. The highest BCUT2D eigenvalue weighted by Crippen LogP contribution is 2.14. The van der Waals surface area contributed by atoms with Gasteiger partial charge in [0.25, 0.3) is 0 Å².